The molecule has 2 aromatic rings. The molecular weight excluding hydrogens is 260 g/mol. The van der Waals surface area contributed by atoms with E-state index in [-0.39, 0.29) is 11.9 Å². The monoisotopic (exact) mass is 280 g/mol. The van der Waals surface area contributed by atoms with Crippen LogP contribution in [0.5, 0.6) is 0 Å². The van der Waals surface area contributed by atoms with Gasteiger partial charge in [-0.15, -0.1) is 0 Å². The molecule has 0 aromatic heterocycles. The van der Waals surface area contributed by atoms with Gasteiger partial charge in [-0.05, 0) is 36.1 Å². The van der Waals surface area contributed by atoms with E-state index in [9.17, 15) is 4.79 Å². The number of rotatable bonds is 3. The van der Waals surface area contributed by atoms with E-state index in [1.807, 2.05) is 37.3 Å². The van der Waals surface area contributed by atoms with E-state index in [1.165, 1.54) is 11.1 Å². The van der Waals surface area contributed by atoms with E-state index in [0.717, 1.165) is 29.8 Å². The number of carbonyl (C=O) groups is 1. The molecule has 2 N–H and O–H groups in total. The SMILES string of the molecule is CCc1cccc(C)c1NC(=O)C1Cc2ccccc2N1. The zero-order valence-electron chi connectivity index (χ0n) is 12.4. The molecule has 1 unspecified atom stereocenters. The quantitative estimate of drug-likeness (QED) is 0.903. The minimum atomic E-state index is -0.188. The molecule has 0 saturated carbocycles. The fraction of sp³-hybridized carbons (Fsp3) is 0.278. The van der Waals surface area contributed by atoms with Crippen molar-refractivity contribution in [3.63, 3.8) is 0 Å². The van der Waals surface area contributed by atoms with Crippen LogP contribution in [0.1, 0.15) is 23.6 Å². The third kappa shape index (κ3) is 2.64. The van der Waals surface area contributed by atoms with Crippen LogP contribution >= 0.6 is 0 Å². The number of fused-ring (bicyclic) bond motifs is 1. The molecule has 1 aliphatic heterocycles. The number of amides is 1. The molecule has 0 saturated heterocycles. The third-order valence-electron chi connectivity index (χ3n) is 4.08. The molecule has 0 fully saturated rings. The fourth-order valence-electron chi connectivity index (χ4n) is 2.87. The van der Waals surface area contributed by atoms with E-state index in [1.54, 1.807) is 0 Å². The van der Waals surface area contributed by atoms with Crippen molar-refractivity contribution in [3.8, 4) is 0 Å². The highest BCUT2D eigenvalue weighted by Crippen LogP contribution is 2.27. The molecule has 1 aliphatic rings. The van der Waals surface area contributed by atoms with Gasteiger partial charge in [-0.25, -0.2) is 0 Å². The Morgan fingerprint density at radius 2 is 2.05 bits per heavy atom. The Hall–Kier alpha value is -2.29. The lowest BCUT2D eigenvalue weighted by Gasteiger charge is -2.16. The summed E-state index contributed by atoms with van der Waals surface area (Å²) in [6.45, 7) is 4.14. The highest BCUT2D eigenvalue weighted by molar-refractivity contribution is 5.99. The van der Waals surface area contributed by atoms with Gasteiger partial charge in [-0.1, -0.05) is 43.3 Å². The lowest BCUT2D eigenvalue weighted by Crippen LogP contribution is -2.33. The van der Waals surface area contributed by atoms with E-state index < -0.39 is 0 Å². The average Bonchev–Trinajstić information content (AvgIpc) is 2.93. The van der Waals surface area contributed by atoms with Gasteiger partial charge in [-0.2, -0.15) is 0 Å². The van der Waals surface area contributed by atoms with Gasteiger partial charge in [0.15, 0.2) is 0 Å². The predicted molar refractivity (Wildman–Crippen MR) is 86.7 cm³/mol. The molecule has 1 heterocycles. The lowest BCUT2D eigenvalue weighted by atomic mass is 10.0. The van der Waals surface area contributed by atoms with E-state index >= 15 is 0 Å². The molecule has 3 nitrogen and oxygen atoms in total. The number of para-hydroxylation sites is 2. The zero-order chi connectivity index (χ0) is 14.8. The minimum Gasteiger partial charge on any atom is -0.373 e. The van der Waals surface area contributed by atoms with Gasteiger partial charge in [-0.3, -0.25) is 4.79 Å². The Morgan fingerprint density at radius 1 is 1.24 bits per heavy atom. The zero-order valence-corrected chi connectivity index (χ0v) is 12.4. The summed E-state index contributed by atoms with van der Waals surface area (Å²) in [5, 5.41) is 6.40. The molecule has 0 spiro atoms. The normalized spacial score (nSPS) is 16.2. The van der Waals surface area contributed by atoms with Gasteiger partial charge < -0.3 is 10.6 Å². The maximum absolute atomic E-state index is 12.5. The van der Waals surface area contributed by atoms with Crippen molar-refractivity contribution in [3.05, 3.63) is 59.2 Å². The Labute approximate surface area is 125 Å². The van der Waals surface area contributed by atoms with E-state index in [4.69, 9.17) is 0 Å². The van der Waals surface area contributed by atoms with Crippen LogP contribution in [0.15, 0.2) is 42.5 Å². The van der Waals surface area contributed by atoms with Crippen LogP contribution < -0.4 is 10.6 Å². The number of nitrogens with one attached hydrogen (secondary N) is 2. The average molecular weight is 280 g/mol. The second kappa shape index (κ2) is 5.60. The van der Waals surface area contributed by atoms with Crippen molar-refractivity contribution in [2.24, 2.45) is 0 Å². The van der Waals surface area contributed by atoms with Crippen molar-refractivity contribution >= 4 is 17.3 Å². The largest absolute Gasteiger partial charge is 0.373 e. The summed E-state index contributed by atoms with van der Waals surface area (Å²) in [4.78, 5) is 12.5. The molecule has 2 aromatic carbocycles. The summed E-state index contributed by atoms with van der Waals surface area (Å²) >= 11 is 0. The molecule has 3 rings (SSSR count). The van der Waals surface area contributed by atoms with Crippen LogP contribution in [0.25, 0.3) is 0 Å². The van der Waals surface area contributed by atoms with Crippen LogP contribution in [0.3, 0.4) is 0 Å². The Morgan fingerprint density at radius 3 is 2.81 bits per heavy atom. The molecule has 0 radical (unpaired) electrons. The smallest absolute Gasteiger partial charge is 0.247 e. The topological polar surface area (TPSA) is 41.1 Å². The van der Waals surface area contributed by atoms with Gasteiger partial charge in [0.25, 0.3) is 0 Å². The molecular formula is C18H20N2O. The second-order valence-electron chi connectivity index (χ2n) is 5.51. The fourth-order valence-corrected chi connectivity index (χ4v) is 2.87. The maximum Gasteiger partial charge on any atom is 0.247 e. The van der Waals surface area contributed by atoms with Gasteiger partial charge in [0, 0.05) is 17.8 Å². The van der Waals surface area contributed by atoms with Crippen molar-refractivity contribution in [1.82, 2.24) is 0 Å². The molecule has 21 heavy (non-hydrogen) atoms. The Bertz CT molecular complexity index is 654. The Balaban J connectivity index is 1.77. The molecule has 0 bridgehead atoms. The highest BCUT2D eigenvalue weighted by atomic mass is 16.2. The van der Waals surface area contributed by atoms with E-state index in [0.29, 0.717) is 0 Å². The first-order valence-corrected chi connectivity index (χ1v) is 7.43. The predicted octanol–water partition coefficient (Wildman–Crippen LogP) is 3.53. The second-order valence-corrected chi connectivity index (χ2v) is 5.51. The number of aryl methyl sites for hydroxylation is 2. The van der Waals surface area contributed by atoms with Crippen molar-refractivity contribution in [2.75, 3.05) is 10.6 Å². The molecule has 108 valence electrons. The van der Waals surface area contributed by atoms with Crippen LogP contribution in [0.4, 0.5) is 11.4 Å². The Kier molecular flexibility index (Phi) is 3.65. The maximum atomic E-state index is 12.5. The van der Waals surface area contributed by atoms with Gasteiger partial charge in [0.2, 0.25) is 5.91 Å². The van der Waals surface area contributed by atoms with Gasteiger partial charge in [0.1, 0.15) is 6.04 Å². The van der Waals surface area contributed by atoms with Crippen molar-refractivity contribution in [1.29, 1.82) is 0 Å². The molecule has 3 heteroatoms. The third-order valence-corrected chi connectivity index (χ3v) is 4.08. The van der Waals surface area contributed by atoms with Crippen LogP contribution in [-0.2, 0) is 17.6 Å². The summed E-state index contributed by atoms with van der Waals surface area (Å²) < 4.78 is 0. The minimum absolute atomic E-state index is 0.0372. The first-order valence-electron chi connectivity index (χ1n) is 7.43. The number of hydrogen-bond acceptors (Lipinski definition) is 2. The summed E-state index contributed by atoms with van der Waals surface area (Å²) in [6.07, 6.45) is 1.66. The molecule has 1 amide bonds. The number of benzene rings is 2. The standard InChI is InChI=1S/C18H20N2O/c1-3-13-9-6-7-12(2)17(13)20-18(21)16-11-14-8-4-5-10-15(14)19-16/h4-10,16,19H,3,11H2,1-2H3,(H,20,21). The summed E-state index contributed by atoms with van der Waals surface area (Å²) in [5.41, 5.74) is 5.52. The molecule has 1 atom stereocenters. The van der Waals surface area contributed by atoms with Crippen LogP contribution in [0, 0.1) is 6.92 Å². The van der Waals surface area contributed by atoms with Gasteiger partial charge >= 0.3 is 0 Å². The summed E-state index contributed by atoms with van der Waals surface area (Å²) in [5.74, 6) is 0.0372. The summed E-state index contributed by atoms with van der Waals surface area (Å²) in [7, 11) is 0. The highest BCUT2D eigenvalue weighted by Gasteiger charge is 2.26. The first-order chi connectivity index (χ1) is 10.2. The van der Waals surface area contributed by atoms with Gasteiger partial charge in [0.05, 0.1) is 0 Å². The van der Waals surface area contributed by atoms with Crippen LogP contribution in [-0.4, -0.2) is 11.9 Å². The molecule has 0 aliphatic carbocycles. The lowest BCUT2D eigenvalue weighted by molar-refractivity contribution is -0.116. The van der Waals surface area contributed by atoms with E-state index in [2.05, 4.69) is 29.7 Å². The summed E-state index contributed by atoms with van der Waals surface area (Å²) in [6, 6.07) is 14.0. The van der Waals surface area contributed by atoms with Crippen LogP contribution in [0.2, 0.25) is 0 Å². The first kappa shape index (κ1) is 13.7. The van der Waals surface area contributed by atoms with Crippen molar-refractivity contribution in [2.45, 2.75) is 32.7 Å². The van der Waals surface area contributed by atoms with Crippen molar-refractivity contribution < 1.29 is 4.79 Å². The number of hydrogen-bond donors (Lipinski definition) is 2. The number of carbonyl (C=O) groups excluding carboxylic acids is 1. The number of anilines is 2.